The molecule has 0 saturated heterocycles. The third-order valence-electron chi connectivity index (χ3n) is 2.57. The molecule has 0 spiro atoms. The summed E-state index contributed by atoms with van der Waals surface area (Å²) in [6.07, 6.45) is 0. The summed E-state index contributed by atoms with van der Waals surface area (Å²) in [5.74, 6) is -1.27. The molecule has 0 fully saturated rings. The molecule has 0 unspecified atom stereocenters. The Morgan fingerprint density at radius 3 is 2.28 bits per heavy atom. The Balaban J connectivity index is 2.37. The lowest BCUT2D eigenvalue weighted by Crippen LogP contribution is -1.99. The zero-order chi connectivity index (χ0) is 13.1. The second-order valence-electron chi connectivity index (χ2n) is 3.76. The minimum atomic E-state index is -0.616. The van der Waals surface area contributed by atoms with Gasteiger partial charge in [-0.3, -0.25) is 4.79 Å². The highest BCUT2D eigenvalue weighted by atomic mass is 79.9. The second kappa shape index (κ2) is 5.40. The summed E-state index contributed by atoms with van der Waals surface area (Å²) in [6, 6.07) is 9.97. The van der Waals surface area contributed by atoms with Gasteiger partial charge in [0.1, 0.15) is 11.6 Å². The van der Waals surface area contributed by atoms with E-state index in [9.17, 15) is 13.6 Å². The van der Waals surface area contributed by atoms with E-state index in [2.05, 4.69) is 15.9 Å². The Morgan fingerprint density at radius 1 is 1.06 bits per heavy atom. The Bertz CT molecular complexity index is 579. The first-order valence-electron chi connectivity index (χ1n) is 5.26. The van der Waals surface area contributed by atoms with E-state index in [-0.39, 0.29) is 11.1 Å². The maximum Gasteiger partial charge on any atom is 0.173 e. The summed E-state index contributed by atoms with van der Waals surface area (Å²) >= 11 is 3.08. The molecular weight excluding hydrogens is 302 g/mol. The first-order chi connectivity index (χ1) is 8.61. The van der Waals surface area contributed by atoms with Crippen LogP contribution >= 0.6 is 15.9 Å². The molecule has 2 aromatic rings. The van der Waals surface area contributed by atoms with E-state index in [4.69, 9.17) is 0 Å². The number of alkyl halides is 1. The van der Waals surface area contributed by atoms with Crippen molar-refractivity contribution < 1.29 is 13.6 Å². The monoisotopic (exact) mass is 310 g/mol. The van der Waals surface area contributed by atoms with Crippen molar-refractivity contribution in [3.63, 3.8) is 0 Å². The highest BCUT2D eigenvalue weighted by Gasteiger charge is 2.08. The van der Waals surface area contributed by atoms with Gasteiger partial charge in [0.25, 0.3) is 0 Å². The number of halogens is 3. The van der Waals surface area contributed by atoms with Crippen molar-refractivity contribution in [3.8, 4) is 11.1 Å². The highest BCUT2D eigenvalue weighted by molar-refractivity contribution is 9.09. The van der Waals surface area contributed by atoms with Crippen LogP contribution in [0.25, 0.3) is 11.1 Å². The number of ketones is 1. The average molecular weight is 311 g/mol. The fraction of sp³-hybridized carbons (Fsp3) is 0.0714. The molecule has 92 valence electrons. The normalized spacial score (nSPS) is 10.4. The van der Waals surface area contributed by atoms with Crippen LogP contribution in [-0.4, -0.2) is 11.1 Å². The van der Waals surface area contributed by atoms with E-state index in [1.807, 2.05) is 0 Å². The van der Waals surface area contributed by atoms with E-state index in [1.165, 1.54) is 12.1 Å². The van der Waals surface area contributed by atoms with E-state index < -0.39 is 11.6 Å². The largest absolute Gasteiger partial charge is 0.293 e. The molecule has 0 aliphatic carbocycles. The predicted molar refractivity (Wildman–Crippen MR) is 69.9 cm³/mol. The average Bonchev–Trinajstić information content (AvgIpc) is 2.38. The summed E-state index contributed by atoms with van der Waals surface area (Å²) in [5, 5.41) is 0.247. The molecule has 0 radical (unpaired) electrons. The zero-order valence-electron chi connectivity index (χ0n) is 9.29. The summed E-state index contributed by atoms with van der Waals surface area (Å²) < 4.78 is 26.3. The summed E-state index contributed by atoms with van der Waals surface area (Å²) in [6.45, 7) is 0. The smallest absolute Gasteiger partial charge is 0.173 e. The van der Waals surface area contributed by atoms with Gasteiger partial charge >= 0.3 is 0 Å². The van der Waals surface area contributed by atoms with Gasteiger partial charge in [-0.05, 0) is 17.7 Å². The van der Waals surface area contributed by atoms with E-state index in [0.29, 0.717) is 16.7 Å². The SMILES string of the molecule is O=C(CBr)c1ccc(-c2ccc(F)cc2F)cc1. The van der Waals surface area contributed by atoms with E-state index in [1.54, 1.807) is 24.3 Å². The molecule has 0 amide bonds. The number of carbonyl (C=O) groups is 1. The van der Waals surface area contributed by atoms with Crippen molar-refractivity contribution in [1.29, 1.82) is 0 Å². The lowest BCUT2D eigenvalue weighted by Gasteiger charge is -2.04. The van der Waals surface area contributed by atoms with Crippen LogP contribution < -0.4 is 0 Å². The van der Waals surface area contributed by atoms with Gasteiger partial charge in [0.05, 0.1) is 5.33 Å². The van der Waals surface area contributed by atoms with Crippen molar-refractivity contribution in [2.24, 2.45) is 0 Å². The molecule has 0 heterocycles. The number of rotatable bonds is 3. The summed E-state index contributed by atoms with van der Waals surface area (Å²) in [5.41, 5.74) is 1.48. The molecule has 0 saturated carbocycles. The molecule has 2 rings (SSSR count). The van der Waals surface area contributed by atoms with Crippen LogP contribution in [0.4, 0.5) is 8.78 Å². The molecule has 18 heavy (non-hydrogen) atoms. The quantitative estimate of drug-likeness (QED) is 0.613. The number of Topliss-reactive ketones (excluding diaryl/α,β-unsaturated/α-hetero) is 1. The van der Waals surface area contributed by atoms with Gasteiger partial charge in [0.15, 0.2) is 5.78 Å². The molecule has 2 aromatic carbocycles. The van der Waals surface area contributed by atoms with Gasteiger partial charge in [0, 0.05) is 17.2 Å². The summed E-state index contributed by atoms with van der Waals surface area (Å²) in [7, 11) is 0. The van der Waals surface area contributed by atoms with Crippen LogP contribution in [0.2, 0.25) is 0 Å². The molecule has 0 bridgehead atoms. The Hall–Kier alpha value is -1.55. The minimum Gasteiger partial charge on any atom is -0.293 e. The van der Waals surface area contributed by atoms with Crippen LogP contribution in [0.15, 0.2) is 42.5 Å². The fourth-order valence-electron chi connectivity index (χ4n) is 1.64. The second-order valence-corrected chi connectivity index (χ2v) is 4.32. The first kappa shape index (κ1) is 12.9. The number of benzene rings is 2. The maximum atomic E-state index is 13.5. The van der Waals surface area contributed by atoms with Crippen LogP contribution in [-0.2, 0) is 0 Å². The molecular formula is C14H9BrF2O. The predicted octanol–water partition coefficient (Wildman–Crippen LogP) is 4.21. The molecule has 0 aromatic heterocycles. The maximum absolute atomic E-state index is 13.5. The van der Waals surface area contributed by atoms with E-state index in [0.717, 1.165) is 6.07 Å². The molecule has 0 aliphatic rings. The molecule has 4 heteroatoms. The van der Waals surface area contributed by atoms with E-state index >= 15 is 0 Å². The Kier molecular flexibility index (Phi) is 3.87. The third kappa shape index (κ3) is 2.64. The van der Waals surface area contributed by atoms with Crippen LogP contribution in [0, 0.1) is 11.6 Å². The first-order valence-corrected chi connectivity index (χ1v) is 6.38. The van der Waals surface area contributed by atoms with Crippen molar-refractivity contribution >= 4 is 21.7 Å². The van der Waals surface area contributed by atoms with Crippen LogP contribution in [0.5, 0.6) is 0 Å². The Labute approximate surface area is 112 Å². The lowest BCUT2D eigenvalue weighted by atomic mass is 10.0. The zero-order valence-corrected chi connectivity index (χ0v) is 10.9. The van der Waals surface area contributed by atoms with Crippen LogP contribution in [0.1, 0.15) is 10.4 Å². The summed E-state index contributed by atoms with van der Waals surface area (Å²) in [4.78, 5) is 11.4. The van der Waals surface area contributed by atoms with Gasteiger partial charge < -0.3 is 0 Å². The number of hydrogen-bond donors (Lipinski definition) is 0. The van der Waals surface area contributed by atoms with Crippen molar-refractivity contribution in [1.82, 2.24) is 0 Å². The van der Waals surface area contributed by atoms with Gasteiger partial charge in [-0.25, -0.2) is 8.78 Å². The van der Waals surface area contributed by atoms with Gasteiger partial charge in [-0.2, -0.15) is 0 Å². The molecule has 0 aliphatic heterocycles. The van der Waals surface area contributed by atoms with Gasteiger partial charge in [-0.1, -0.05) is 40.2 Å². The van der Waals surface area contributed by atoms with Gasteiger partial charge in [-0.15, -0.1) is 0 Å². The lowest BCUT2D eigenvalue weighted by molar-refractivity contribution is 0.102. The third-order valence-corrected chi connectivity index (χ3v) is 3.08. The molecule has 0 atom stereocenters. The van der Waals surface area contributed by atoms with Crippen molar-refractivity contribution in [2.75, 3.05) is 5.33 Å². The number of carbonyl (C=O) groups excluding carboxylic acids is 1. The standard InChI is InChI=1S/C14H9BrF2O/c15-8-14(18)10-3-1-9(2-4-10)12-6-5-11(16)7-13(12)17/h1-7H,8H2. The van der Waals surface area contributed by atoms with Crippen LogP contribution in [0.3, 0.4) is 0 Å². The van der Waals surface area contributed by atoms with Crippen molar-refractivity contribution in [3.05, 3.63) is 59.7 Å². The highest BCUT2D eigenvalue weighted by Crippen LogP contribution is 2.23. The topological polar surface area (TPSA) is 17.1 Å². The van der Waals surface area contributed by atoms with Crippen molar-refractivity contribution in [2.45, 2.75) is 0 Å². The van der Waals surface area contributed by atoms with Gasteiger partial charge in [0.2, 0.25) is 0 Å². The minimum absolute atomic E-state index is 0.0406. The number of hydrogen-bond acceptors (Lipinski definition) is 1. The fourth-order valence-corrected chi connectivity index (χ4v) is 1.96. The molecule has 1 nitrogen and oxygen atoms in total. The Morgan fingerprint density at radius 2 is 1.72 bits per heavy atom. The molecule has 0 N–H and O–H groups in total.